The van der Waals surface area contributed by atoms with Crippen LogP contribution in [0.4, 0.5) is 17.1 Å². The number of hydrogen-bond donors (Lipinski definition) is 1. The highest BCUT2D eigenvalue weighted by molar-refractivity contribution is 5.51. The van der Waals surface area contributed by atoms with Gasteiger partial charge in [-0.2, -0.15) is 21.0 Å². The summed E-state index contributed by atoms with van der Waals surface area (Å²) in [7, 11) is 0. The van der Waals surface area contributed by atoms with Gasteiger partial charge in [0.05, 0.1) is 57.0 Å². The Balaban J connectivity index is 2.04. The molecule has 14 nitrogen and oxygen atoms in total. The lowest BCUT2D eigenvalue weighted by molar-refractivity contribution is -0.385. The predicted octanol–water partition coefficient (Wildman–Crippen LogP) is 4.65. The summed E-state index contributed by atoms with van der Waals surface area (Å²) in [4.78, 5) is 31.8. The molecule has 3 aromatic rings. The summed E-state index contributed by atoms with van der Waals surface area (Å²) in [5.74, 6) is -1.50. The predicted molar refractivity (Wildman–Crippen MR) is 138 cm³/mol. The van der Waals surface area contributed by atoms with Crippen LogP contribution < -0.4 is 5.32 Å². The fourth-order valence-electron chi connectivity index (χ4n) is 5.30. The number of nitro benzene ring substituents is 3. The van der Waals surface area contributed by atoms with E-state index in [9.17, 15) is 51.4 Å². The molecule has 41 heavy (non-hydrogen) atoms. The summed E-state index contributed by atoms with van der Waals surface area (Å²) in [6.07, 6.45) is 0. The minimum atomic E-state index is -2.19. The highest BCUT2D eigenvalue weighted by Gasteiger charge is 2.65. The van der Waals surface area contributed by atoms with Gasteiger partial charge in [-0.1, -0.05) is 36.4 Å². The summed E-state index contributed by atoms with van der Waals surface area (Å²) in [6, 6.07) is 20.2. The number of hydrogen-bond acceptors (Lipinski definition) is 11. The van der Waals surface area contributed by atoms with Crippen LogP contribution in [0.25, 0.3) is 0 Å². The van der Waals surface area contributed by atoms with Crippen molar-refractivity contribution in [2.75, 3.05) is 0 Å². The lowest BCUT2D eigenvalue weighted by Gasteiger charge is -2.51. The highest BCUT2D eigenvalue weighted by Crippen LogP contribution is 2.62. The molecule has 1 fully saturated rings. The molecule has 1 aliphatic heterocycles. The average Bonchev–Trinajstić information content (AvgIpc) is 3.00. The Labute approximate surface area is 231 Å². The van der Waals surface area contributed by atoms with Gasteiger partial charge >= 0.3 is 0 Å². The first-order chi connectivity index (χ1) is 19.6. The van der Waals surface area contributed by atoms with Gasteiger partial charge in [0.2, 0.25) is 0 Å². The largest absolute Gasteiger partial charge is 0.298 e. The van der Waals surface area contributed by atoms with Gasteiger partial charge in [0.25, 0.3) is 17.1 Å². The first-order valence-electron chi connectivity index (χ1n) is 11.7. The number of nitriles is 4. The number of nitrogens with zero attached hydrogens (tertiary/aromatic N) is 7. The van der Waals surface area contributed by atoms with Gasteiger partial charge in [-0.15, -0.1) is 0 Å². The van der Waals surface area contributed by atoms with Crippen LogP contribution in [0.15, 0.2) is 72.8 Å². The number of nitrogens with one attached hydrogen (secondary N) is 1. The second-order valence-electron chi connectivity index (χ2n) is 9.20. The second kappa shape index (κ2) is 10.5. The van der Waals surface area contributed by atoms with Crippen molar-refractivity contribution >= 4 is 17.1 Å². The number of nitro groups is 3. The summed E-state index contributed by atoms with van der Waals surface area (Å²) in [5, 5.41) is 79.0. The van der Waals surface area contributed by atoms with E-state index < -0.39 is 43.6 Å². The number of non-ortho nitro benzene ring substituents is 3. The molecule has 1 saturated heterocycles. The molecule has 14 heteroatoms. The van der Waals surface area contributed by atoms with Crippen LogP contribution in [-0.2, 0) is 0 Å². The minimum absolute atomic E-state index is 0.113. The molecule has 2 atom stereocenters. The Morgan fingerprint density at radius 3 is 1.05 bits per heavy atom. The van der Waals surface area contributed by atoms with E-state index in [0.29, 0.717) is 0 Å². The third-order valence-electron chi connectivity index (χ3n) is 7.21. The fourth-order valence-corrected chi connectivity index (χ4v) is 5.30. The highest BCUT2D eigenvalue weighted by atomic mass is 16.6. The molecule has 0 amide bonds. The van der Waals surface area contributed by atoms with E-state index in [0.717, 1.165) is 12.1 Å². The van der Waals surface area contributed by atoms with Gasteiger partial charge in [0.15, 0.2) is 10.8 Å². The zero-order valence-corrected chi connectivity index (χ0v) is 20.7. The van der Waals surface area contributed by atoms with Crippen LogP contribution in [0, 0.1) is 86.5 Å². The van der Waals surface area contributed by atoms with Crippen LogP contribution in [0.1, 0.15) is 34.7 Å². The second-order valence-corrected chi connectivity index (χ2v) is 9.20. The molecule has 0 spiro atoms. The molecular weight excluding hydrogens is 532 g/mol. The lowest BCUT2D eigenvalue weighted by atomic mass is 9.51. The SMILES string of the molecule is N#CC1(C#N)C(c2ccc([N+](=O)[O-])cc2)NC(c2ccc([N+](=O)[O-])cc2)C(C#N)(C#N)C1c1ccc([N+](=O)[O-])cc1. The van der Waals surface area contributed by atoms with Crippen molar-refractivity contribution in [1.29, 1.82) is 21.0 Å². The van der Waals surface area contributed by atoms with Crippen LogP contribution >= 0.6 is 0 Å². The Kier molecular flexibility index (Phi) is 7.12. The molecule has 0 bridgehead atoms. The third kappa shape index (κ3) is 4.43. The van der Waals surface area contributed by atoms with E-state index in [1.807, 2.05) is 24.3 Å². The van der Waals surface area contributed by atoms with E-state index in [1.54, 1.807) is 0 Å². The number of piperidine rings is 1. The molecule has 4 rings (SSSR count). The quantitative estimate of drug-likeness (QED) is 0.328. The van der Waals surface area contributed by atoms with Crippen molar-refractivity contribution in [1.82, 2.24) is 5.32 Å². The van der Waals surface area contributed by atoms with E-state index in [1.165, 1.54) is 60.7 Å². The normalized spacial score (nSPS) is 20.2. The van der Waals surface area contributed by atoms with Gasteiger partial charge in [-0.25, -0.2) is 0 Å². The van der Waals surface area contributed by atoms with Crippen molar-refractivity contribution in [2.24, 2.45) is 10.8 Å². The first kappa shape index (κ1) is 27.8. The minimum Gasteiger partial charge on any atom is -0.298 e. The van der Waals surface area contributed by atoms with Crippen molar-refractivity contribution in [3.05, 3.63) is 120 Å². The zero-order chi connectivity index (χ0) is 29.9. The molecular formula is C27H16N8O6. The van der Waals surface area contributed by atoms with Gasteiger partial charge in [0, 0.05) is 36.4 Å². The monoisotopic (exact) mass is 548 g/mol. The van der Waals surface area contributed by atoms with Crippen molar-refractivity contribution in [3.63, 3.8) is 0 Å². The summed E-state index contributed by atoms with van der Waals surface area (Å²) < 4.78 is 0. The molecule has 1 heterocycles. The smallest absolute Gasteiger partial charge is 0.269 e. The van der Waals surface area contributed by atoms with Crippen LogP contribution in [-0.4, -0.2) is 14.8 Å². The lowest BCUT2D eigenvalue weighted by Crippen LogP contribution is -2.57. The fraction of sp³-hybridized carbons (Fsp3) is 0.185. The maximum Gasteiger partial charge on any atom is 0.269 e. The molecule has 2 unspecified atom stereocenters. The molecule has 3 aromatic carbocycles. The summed E-state index contributed by atoms with van der Waals surface area (Å²) >= 11 is 0. The Morgan fingerprint density at radius 2 is 0.805 bits per heavy atom. The first-order valence-corrected chi connectivity index (χ1v) is 11.7. The van der Waals surface area contributed by atoms with Gasteiger partial charge in [-0.3, -0.25) is 35.7 Å². The molecule has 0 aromatic heterocycles. The molecule has 1 aliphatic rings. The number of rotatable bonds is 6. The Morgan fingerprint density at radius 1 is 0.537 bits per heavy atom. The zero-order valence-electron chi connectivity index (χ0n) is 20.7. The topological polar surface area (TPSA) is 237 Å². The van der Waals surface area contributed by atoms with Crippen LogP contribution in [0.5, 0.6) is 0 Å². The summed E-state index contributed by atoms with van der Waals surface area (Å²) in [6.45, 7) is 0. The summed E-state index contributed by atoms with van der Waals surface area (Å²) in [5.41, 5.74) is -4.58. The maximum atomic E-state index is 11.3. The van der Waals surface area contributed by atoms with Gasteiger partial charge < -0.3 is 0 Å². The van der Waals surface area contributed by atoms with Gasteiger partial charge in [-0.05, 0) is 16.7 Å². The number of benzene rings is 3. The van der Waals surface area contributed by atoms with E-state index in [4.69, 9.17) is 0 Å². The van der Waals surface area contributed by atoms with E-state index in [2.05, 4.69) is 5.32 Å². The van der Waals surface area contributed by atoms with Crippen LogP contribution in [0.3, 0.4) is 0 Å². The standard InChI is InChI=1S/C27H16N8O6/c28-13-26(14-29)23(17-1-7-20(8-2-17)33(36)37)27(15-30,16-31)25(19-5-11-22(12-6-19)35(40)41)32-24(26)18-3-9-21(10-4-18)34(38)39/h1-12,23-25,32H. The molecule has 0 saturated carbocycles. The molecule has 200 valence electrons. The maximum absolute atomic E-state index is 11.3. The average molecular weight is 548 g/mol. The Bertz CT molecular complexity index is 1580. The van der Waals surface area contributed by atoms with Crippen molar-refractivity contribution in [3.8, 4) is 24.3 Å². The van der Waals surface area contributed by atoms with Crippen molar-refractivity contribution in [2.45, 2.75) is 18.0 Å². The van der Waals surface area contributed by atoms with E-state index in [-0.39, 0.29) is 33.8 Å². The van der Waals surface area contributed by atoms with E-state index >= 15 is 0 Å². The Hall–Kier alpha value is -6.22. The molecule has 1 N–H and O–H groups in total. The molecule has 0 radical (unpaired) electrons. The van der Waals surface area contributed by atoms with Gasteiger partial charge in [0.1, 0.15) is 0 Å². The molecule has 0 aliphatic carbocycles. The van der Waals surface area contributed by atoms with Crippen LogP contribution in [0.2, 0.25) is 0 Å². The van der Waals surface area contributed by atoms with Crippen molar-refractivity contribution < 1.29 is 14.8 Å². The third-order valence-corrected chi connectivity index (χ3v) is 7.21.